The van der Waals surface area contributed by atoms with Gasteiger partial charge in [0.25, 0.3) is 5.91 Å². The molecule has 1 amide bonds. The number of nitrogens with zero attached hydrogens (tertiary/aromatic N) is 4. The van der Waals surface area contributed by atoms with E-state index in [1.807, 2.05) is 53.2 Å². The predicted molar refractivity (Wildman–Crippen MR) is 87.2 cm³/mol. The Bertz CT molecular complexity index is 849. The first-order valence-corrected chi connectivity index (χ1v) is 7.95. The zero-order chi connectivity index (χ0) is 15.8. The highest BCUT2D eigenvalue weighted by Crippen LogP contribution is 2.24. The number of para-hydroxylation sites is 1. The second-order valence-electron chi connectivity index (χ2n) is 6.16. The lowest BCUT2D eigenvalue weighted by Gasteiger charge is -2.32. The van der Waals surface area contributed by atoms with E-state index in [1.165, 1.54) is 0 Å². The molecule has 0 unspecified atom stereocenters. The molecule has 1 saturated heterocycles. The molecule has 1 aliphatic heterocycles. The molecule has 3 aromatic rings. The summed E-state index contributed by atoms with van der Waals surface area (Å²) in [6, 6.07) is 7.98. The first kappa shape index (κ1) is 14.0. The molecule has 1 fully saturated rings. The van der Waals surface area contributed by atoms with Crippen molar-refractivity contribution in [3.8, 4) is 0 Å². The van der Waals surface area contributed by atoms with Gasteiger partial charge in [-0.25, -0.2) is 0 Å². The van der Waals surface area contributed by atoms with Gasteiger partial charge in [0.2, 0.25) is 0 Å². The number of benzene rings is 1. The van der Waals surface area contributed by atoms with Crippen molar-refractivity contribution in [2.75, 3.05) is 13.1 Å². The van der Waals surface area contributed by atoms with Crippen LogP contribution >= 0.6 is 0 Å². The number of piperidine rings is 1. The predicted octanol–water partition coefficient (Wildman–Crippen LogP) is 2.55. The molecule has 0 aliphatic carbocycles. The van der Waals surface area contributed by atoms with Crippen molar-refractivity contribution >= 4 is 16.8 Å². The van der Waals surface area contributed by atoms with Crippen molar-refractivity contribution < 1.29 is 4.79 Å². The van der Waals surface area contributed by atoms with Gasteiger partial charge in [-0.2, -0.15) is 10.2 Å². The van der Waals surface area contributed by atoms with Gasteiger partial charge in [-0.1, -0.05) is 18.2 Å². The van der Waals surface area contributed by atoms with E-state index in [9.17, 15) is 4.79 Å². The number of likely N-dealkylation sites (tertiary alicyclic amines) is 1. The van der Waals surface area contributed by atoms with Gasteiger partial charge < -0.3 is 4.90 Å². The third-order valence-corrected chi connectivity index (χ3v) is 4.46. The van der Waals surface area contributed by atoms with Crippen LogP contribution < -0.4 is 0 Å². The number of H-pyrrole nitrogens is 1. The fraction of sp³-hybridized carbons (Fsp3) is 0.353. The molecular formula is C17H19N5O. The van der Waals surface area contributed by atoms with Crippen molar-refractivity contribution in [2.24, 2.45) is 0 Å². The average Bonchev–Trinajstić information content (AvgIpc) is 3.20. The van der Waals surface area contributed by atoms with E-state index in [4.69, 9.17) is 0 Å². The molecule has 1 N–H and O–H groups in total. The number of amides is 1. The largest absolute Gasteiger partial charge is 0.335 e. The van der Waals surface area contributed by atoms with Gasteiger partial charge in [-0.05, 0) is 31.4 Å². The Morgan fingerprint density at radius 3 is 3.04 bits per heavy atom. The van der Waals surface area contributed by atoms with Crippen LogP contribution in [0.3, 0.4) is 0 Å². The SMILES string of the molecule is Cc1cnn([C@H]2CCCN(C(=O)c3n[nH]c4ccccc34)C2)c1. The lowest BCUT2D eigenvalue weighted by molar-refractivity contribution is 0.0669. The Hall–Kier alpha value is -2.63. The van der Waals surface area contributed by atoms with E-state index in [-0.39, 0.29) is 11.9 Å². The van der Waals surface area contributed by atoms with E-state index in [2.05, 4.69) is 15.3 Å². The number of fused-ring (bicyclic) bond motifs is 1. The minimum Gasteiger partial charge on any atom is -0.335 e. The van der Waals surface area contributed by atoms with E-state index in [0.717, 1.165) is 35.9 Å². The summed E-state index contributed by atoms with van der Waals surface area (Å²) in [6.45, 7) is 3.49. The molecule has 1 atom stereocenters. The van der Waals surface area contributed by atoms with Gasteiger partial charge in [-0.15, -0.1) is 0 Å². The van der Waals surface area contributed by atoms with Gasteiger partial charge in [0.1, 0.15) is 0 Å². The normalized spacial score (nSPS) is 18.5. The lowest BCUT2D eigenvalue weighted by atomic mass is 10.0. The highest BCUT2D eigenvalue weighted by Gasteiger charge is 2.28. The standard InChI is InChI=1S/C17H19N5O/c1-12-9-18-22(10-12)13-5-4-8-21(11-13)17(23)16-14-6-2-3-7-15(14)19-20-16/h2-3,6-7,9-10,13H,4-5,8,11H2,1H3,(H,19,20)/t13-/m0/s1. The fourth-order valence-corrected chi connectivity index (χ4v) is 3.26. The molecule has 23 heavy (non-hydrogen) atoms. The zero-order valence-corrected chi connectivity index (χ0v) is 13.1. The maximum Gasteiger partial charge on any atom is 0.275 e. The van der Waals surface area contributed by atoms with Gasteiger partial charge in [0.15, 0.2) is 5.69 Å². The number of rotatable bonds is 2. The lowest BCUT2D eigenvalue weighted by Crippen LogP contribution is -2.41. The molecule has 6 nitrogen and oxygen atoms in total. The average molecular weight is 309 g/mol. The third kappa shape index (κ3) is 2.50. The number of aromatic amines is 1. The van der Waals surface area contributed by atoms with Gasteiger partial charge in [0.05, 0.1) is 17.8 Å². The zero-order valence-electron chi connectivity index (χ0n) is 13.1. The van der Waals surface area contributed by atoms with Crippen LogP contribution in [-0.4, -0.2) is 43.9 Å². The summed E-state index contributed by atoms with van der Waals surface area (Å²) in [5, 5.41) is 12.5. The molecule has 6 heteroatoms. The summed E-state index contributed by atoms with van der Waals surface area (Å²) < 4.78 is 1.98. The molecule has 0 bridgehead atoms. The second kappa shape index (κ2) is 5.53. The van der Waals surface area contributed by atoms with Gasteiger partial charge in [0, 0.05) is 24.7 Å². The van der Waals surface area contributed by atoms with Gasteiger partial charge in [-0.3, -0.25) is 14.6 Å². The number of aryl methyl sites for hydroxylation is 1. The van der Waals surface area contributed by atoms with E-state index >= 15 is 0 Å². The summed E-state index contributed by atoms with van der Waals surface area (Å²) in [6.07, 6.45) is 5.94. The number of hydrogen-bond acceptors (Lipinski definition) is 3. The van der Waals surface area contributed by atoms with Crippen molar-refractivity contribution in [2.45, 2.75) is 25.8 Å². The number of carbonyl (C=O) groups is 1. The third-order valence-electron chi connectivity index (χ3n) is 4.46. The van der Waals surface area contributed by atoms with Crippen LogP contribution in [0, 0.1) is 6.92 Å². The van der Waals surface area contributed by atoms with Crippen LogP contribution in [0.25, 0.3) is 10.9 Å². The van der Waals surface area contributed by atoms with Crippen LogP contribution in [0.4, 0.5) is 0 Å². The highest BCUT2D eigenvalue weighted by atomic mass is 16.2. The summed E-state index contributed by atoms with van der Waals surface area (Å²) in [4.78, 5) is 14.8. The summed E-state index contributed by atoms with van der Waals surface area (Å²) in [5.74, 6) is -0.00368. The monoisotopic (exact) mass is 309 g/mol. The van der Waals surface area contributed by atoms with Gasteiger partial charge >= 0.3 is 0 Å². The maximum absolute atomic E-state index is 12.9. The minimum absolute atomic E-state index is 0.00368. The Balaban J connectivity index is 1.58. The fourth-order valence-electron chi connectivity index (χ4n) is 3.26. The Labute approximate surface area is 134 Å². The molecule has 0 spiro atoms. The summed E-state index contributed by atoms with van der Waals surface area (Å²) in [5.41, 5.74) is 2.55. The number of nitrogens with one attached hydrogen (secondary N) is 1. The molecule has 0 radical (unpaired) electrons. The molecule has 4 rings (SSSR count). The maximum atomic E-state index is 12.9. The topological polar surface area (TPSA) is 66.8 Å². The summed E-state index contributed by atoms with van der Waals surface area (Å²) in [7, 11) is 0. The molecule has 3 heterocycles. The van der Waals surface area contributed by atoms with Crippen LogP contribution in [0.1, 0.15) is 34.9 Å². The van der Waals surface area contributed by atoms with E-state index in [0.29, 0.717) is 12.2 Å². The number of carbonyl (C=O) groups excluding carboxylic acids is 1. The number of aromatic nitrogens is 4. The van der Waals surface area contributed by atoms with Crippen LogP contribution in [0.2, 0.25) is 0 Å². The minimum atomic E-state index is -0.00368. The van der Waals surface area contributed by atoms with Crippen molar-refractivity contribution in [3.05, 3.63) is 47.9 Å². The first-order chi connectivity index (χ1) is 11.2. The highest BCUT2D eigenvalue weighted by molar-refractivity contribution is 6.04. The quantitative estimate of drug-likeness (QED) is 0.791. The second-order valence-corrected chi connectivity index (χ2v) is 6.16. The molecule has 0 saturated carbocycles. The van der Waals surface area contributed by atoms with E-state index < -0.39 is 0 Å². The Morgan fingerprint density at radius 1 is 1.35 bits per heavy atom. The van der Waals surface area contributed by atoms with Crippen molar-refractivity contribution in [1.82, 2.24) is 24.9 Å². The molecule has 1 aromatic carbocycles. The smallest absolute Gasteiger partial charge is 0.275 e. The van der Waals surface area contributed by atoms with Crippen LogP contribution in [0.15, 0.2) is 36.7 Å². The van der Waals surface area contributed by atoms with Crippen molar-refractivity contribution in [3.63, 3.8) is 0 Å². The van der Waals surface area contributed by atoms with Crippen LogP contribution in [0.5, 0.6) is 0 Å². The first-order valence-electron chi connectivity index (χ1n) is 7.95. The summed E-state index contributed by atoms with van der Waals surface area (Å²) >= 11 is 0. The number of hydrogen-bond donors (Lipinski definition) is 1. The van der Waals surface area contributed by atoms with Crippen molar-refractivity contribution in [1.29, 1.82) is 0 Å². The Morgan fingerprint density at radius 2 is 2.22 bits per heavy atom. The van der Waals surface area contributed by atoms with Crippen LogP contribution in [-0.2, 0) is 0 Å². The molecular weight excluding hydrogens is 290 g/mol. The molecule has 2 aromatic heterocycles. The van der Waals surface area contributed by atoms with E-state index in [1.54, 1.807) is 0 Å². The Kier molecular flexibility index (Phi) is 3.37. The molecule has 1 aliphatic rings. The molecule has 118 valence electrons.